The van der Waals surface area contributed by atoms with E-state index in [-0.39, 0.29) is 11.7 Å². The van der Waals surface area contributed by atoms with Crippen LogP contribution in [-0.2, 0) is 6.42 Å². The second-order valence-electron chi connectivity index (χ2n) is 5.51. The zero-order valence-corrected chi connectivity index (χ0v) is 12.6. The highest BCUT2D eigenvalue weighted by Crippen LogP contribution is 2.28. The number of fused-ring (bicyclic) bond motifs is 1. The summed E-state index contributed by atoms with van der Waals surface area (Å²) >= 11 is 0. The normalized spacial score (nSPS) is 18.8. The number of carbonyl (C=O) groups excluding carboxylic acids is 1. The summed E-state index contributed by atoms with van der Waals surface area (Å²) in [5.41, 5.74) is 5.72. The molecular weight excluding hydrogens is 280 g/mol. The van der Waals surface area contributed by atoms with Crippen LogP contribution in [0, 0.1) is 5.92 Å². The first kappa shape index (κ1) is 14.4. The summed E-state index contributed by atoms with van der Waals surface area (Å²) in [5, 5.41) is 4.30. The van der Waals surface area contributed by atoms with Gasteiger partial charge in [0.05, 0.1) is 19.1 Å². The first-order chi connectivity index (χ1) is 10.7. The fraction of sp³-hybridized carbons (Fsp3) is 0.294. The lowest BCUT2D eigenvalue weighted by Gasteiger charge is -2.23. The van der Waals surface area contributed by atoms with Crippen molar-refractivity contribution in [2.24, 2.45) is 11.0 Å². The second kappa shape index (κ2) is 6.05. The molecule has 5 heteroatoms. The van der Waals surface area contributed by atoms with Gasteiger partial charge in [-0.25, -0.2) is 5.43 Å². The predicted molar refractivity (Wildman–Crippen MR) is 83.2 cm³/mol. The van der Waals surface area contributed by atoms with E-state index >= 15 is 0 Å². The molecule has 0 spiro atoms. The number of furan rings is 1. The molecule has 1 aliphatic rings. The van der Waals surface area contributed by atoms with Gasteiger partial charge in [-0.1, -0.05) is 6.92 Å². The van der Waals surface area contributed by atoms with Crippen LogP contribution in [0.5, 0.6) is 5.75 Å². The first-order valence-corrected chi connectivity index (χ1v) is 7.25. The smallest absolute Gasteiger partial charge is 0.307 e. The molecule has 1 N–H and O–H groups in total. The molecule has 0 saturated heterocycles. The molecule has 5 nitrogen and oxygen atoms in total. The molecule has 1 aromatic heterocycles. The fourth-order valence-corrected chi connectivity index (χ4v) is 2.72. The molecule has 0 saturated carbocycles. The number of methoxy groups -OCH3 is 1. The Kier molecular flexibility index (Phi) is 3.96. The molecule has 1 aliphatic carbocycles. The molecule has 1 aromatic carbocycles. The van der Waals surface area contributed by atoms with Gasteiger partial charge in [0, 0.05) is 5.56 Å². The number of ether oxygens (including phenoxy) is 1. The quantitative estimate of drug-likeness (QED) is 0.886. The van der Waals surface area contributed by atoms with Gasteiger partial charge in [0.25, 0.3) is 0 Å². The Hall–Kier alpha value is -2.56. The molecule has 0 radical (unpaired) electrons. The van der Waals surface area contributed by atoms with E-state index in [1.54, 1.807) is 19.2 Å². The minimum atomic E-state index is -0.342. The summed E-state index contributed by atoms with van der Waals surface area (Å²) < 4.78 is 10.3. The summed E-state index contributed by atoms with van der Waals surface area (Å²) in [5.74, 6) is 1.22. The molecule has 3 rings (SSSR count). The Morgan fingerprint density at radius 2 is 2.23 bits per heavy atom. The molecule has 1 heterocycles. The number of hydrogen-bond acceptors (Lipinski definition) is 4. The average Bonchev–Trinajstić information content (AvgIpc) is 3.05. The van der Waals surface area contributed by atoms with E-state index in [4.69, 9.17) is 9.15 Å². The Balaban J connectivity index is 1.85. The van der Waals surface area contributed by atoms with Gasteiger partial charge in [0.1, 0.15) is 5.75 Å². The third-order valence-corrected chi connectivity index (χ3v) is 3.77. The molecule has 1 atom stereocenters. The molecule has 2 aromatic rings. The highest BCUT2D eigenvalue weighted by Gasteiger charge is 2.22. The predicted octanol–water partition coefficient (Wildman–Crippen LogP) is 3.00. The van der Waals surface area contributed by atoms with E-state index < -0.39 is 0 Å². The van der Waals surface area contributed by atoms with Crippen molar-refractivity contribution in [1.29, 1.82) is 0 Å². The summed E-state index contributed by atoms with van der Waals surface area (Å²) in [6, 6.07) is 9.23. The molecule has 0 fully saturated rings. The van der Waals surface area contributed by atoms with Crippen molar-refractivity contribution in [3.63, 3.8) is 0 Å². The van der Waals surface area contributed by atoms with Crippen LogP contribution in [-0.4, -0.2) is 18.7 Å². The maximum atomic E-state index is 11.9. The van der Waals surface area contributed by atoms with Crippen LogP contribution in [0.3, 0.4) is 0 Å². The van der Waals surface area contributed by atoms with E-state index in [0.717, 1.165) is 29.9 Å². The summed E-state index contributed by atoms with van der Waals surface area (Å²) in [7, 11) is 1.66. The van der Waals surface area contributed by atoms with Crippen LogP contribution in [0.1, 0.15) is 35.0 Å². The Morgan fingerprint density at radius 3 is 2.95 bits per heavy atom. The van der Waals surface area contributed by atoms with Crippen molar-refractivity contribution >= 4 is 11.6 Å². The van der Waals surface area contributed by atoms with Crippen molar-refractivity contribution in [2.45, 2.75) is 19.8 Å². The Labute approximate surface area is 129 Å². The minimum absolute atomic E-state index is 0.253. The molecule has 0 aliphatic heterocycles. The summed E-state index contributed by atoms with van der Waals surface area (Å²) in [6.45, 7) is 2.17. The standard InChI is InChI=1S/C17H18N2O3/c1-11-8-12-10-13(21-2)5-6-14(12)15(9-11)18-19-17(20)16-4-3-7-22-16/h3-7,10-11H,8-9H2,1-2H3,(H,19,20)/b18-15-. The third-order valence-electron chi connectivity index (χ3n) is 3.77. The number of carbonyl (C=O) groups is 1. The number of hydrogen-bond donors (Lipinski definition) is 1. The van der Waals surface area contributed by atoms with E-state index in [0.29, 0.717) is 5.92 Å². The van der Waals surface area contributed by atoms with Crippen molar-refractivity contribution in [3.05, 3.63) is 53.5 Å². The zero-order valence-electron chi connectivity index (χ0n) is 12.6. The lowest BCUT2D eigenvalue weighted by Crippen LogP contribution is -2.24. The molecule has 0 bridgehead atoms. The Morgan fingerprint density at radius 1 is 1.36 bits per heavy atom. The van der Waals surface area contributed by atoms with Crippen molar-refractivity contribution in [1.82, 2.24) is 5.43 Å². The topological polar surface area (TPSA) is 63.8 Å². The van der Waals surface area contributed by atoms with Crippen LogP contribution >= 0.6 is 0 Å². The van der Waals surface area contributed by atoms with Crippen LogP contribution in [0.25, 0.3) is 0 Å². The highest BCUT2D eigenvalue weighted by atomic mass is 16.5. The lowest BCUT2D eigenvalue weighted by atomic mass is 9.83. The summed E-state index contributed by atoms with van der Waals surface area (Å²) in [4.78, 5) is 11.9. The largest absolute Gasteiger partial charge is 0.497 e. The number of rotatable bonds is 3. The third kappa shape index (κ3) is 2.88. The van der Waals surface area contributed by atoms with Gasteiger partial charge in [0.2, 0.25) is 0 Å². The van der Waals surface area contributed by atoms with Gasteiger partial charge in [-0.15, -0.1) is 0 Å². The maximum Gasteiger partial charge on any atom is 0.307 e. The van der Waals surface area contributed by atoms with Gasteiger partial charge in [0.15, 0.2) is 5.76 Å². The molecule has 22 heavy (non-hydrogen) atoms. The van der Waals surface area contributed by atoms with Gasteiger partial charge < -0.3 is 9.15 Å². The fourth-order valence-electron chi connectivity index (χ4n) is 2.72. The molecule has 1 amide bonds. The zero-order chi connectivity index (χ0) is 15.5. The van der Waals surface area contributed by atoms with E-state index in [2.05, 4.69) is 17.5 Å². The van der Waals surface area contributed by atoms with Crippen LogP contribution in [0.2, 0.25) is 0 Å². The van der Waals surface area contributed by atoms with Crippen LogP contribution < -0.4 is 10.2 Å². The van der Waals surface area contributed by atoms with Crippen molar-refractivity contribution < 1.29 is 13.9 Å². The molecule has 1 unspecified atom stereocenters. The lowest BCUT2D eigenvalue weighted by molar-refractivity contribution is 0.0927. The van der Waals surface area contributed by atoms with Crippen molar-refractivity contribution in [3.8, 4) is 5.75 Å². The minimum Gasteiger partial charge on any atom is -0.497 e. The first-order valence-electron chi connectivity index (χ1n) is 7.25. The number of benzene rings is 1. The second-order valence-corrected chi connectivity index (χ2v) is 5.51. The highest BCUT2D eigenvalue weighted by molar-refractivity contribution is 6.04. The number of nitrogens with zero attached hydrogens (tertiary/aromatic N) is 1. The number of amides is 1. The van der Waals surface area contributed by atoms with Crippen LogP contribution in [0.4, 0.5) is 0 Å². The van der Waals surface area contributed by atoms with Crippen LogP contribution in [0.15, 0.2) is 46.1 Å². The summed E-state index contributed by atoms with van der Waals surface area (Å²) in [6.07, 6.45) is 3.28. The number of nitrogens with one attached hydrogen (secondary N) is 1. The number of hydrazone groups is 1. The molecular formula is C17H18N2O3. The van der Waals surface area contributed by atoms with E-state index in [1.165, 1.54) is 11.8 Å². The van der Waals surface area contributed by atoms with Gasteiger partial charge in [-0.3, -0.25) is 4.79 Å². The maximum absolute atomic E-state index is 11.9. The van der Waals surface area contributed by atoms with E-state index in [9.17, 15) is 4.79 Å². The Bertz CT molecular complexity index is 705. The van der Waals surface area contributed by atoms with Gasteiger partial charge in [-0.2, -0.15) is 5.10 Å². The average molecular weight is 298 g/mol. The van der Waals surface area contributed by atoms with E-state index in [1.807, 2.05) is 18.2 Å². The monoisotopic (exact) mass is 298 g/mol. The SMILES string of the molecule is COc1ccc2c(c1)CC(C)C/C2=N/NC(=O)c1ccco1. The van der Waals surface area contributed by atoms with Crippen molar-refractivity contribution in [2.75, 3.05) is 7.11 Å². The van der Waals surface area contributed by atoms with Gasteiger partial charge >= 0.3 is 5.91 Å². The van der Waals surface area contributed by atoms with Gasteiger partial charge in [-0.05, 0) is 54.7 Å². The molecule has 114 valence electrons.